The molecule has 1 amide bonds. The minimum atomic E-state index is -1.33. The van der Waals surface area contributed by atoms with Gasteiger partial charge in [0, 0.05) is 20.6 Å². The number of rotatable bonds is 10. The molecular formula is C27H36FNO6. The third kappa shape index (κ3) is 6.58. The number of methoxy groups -OCH3 is 1. The van der Waals surface area contributed by atoms with Crippen LogP contribution in [0, 0.1) is 5.82 Å². The third-order valence-electron chi connectivity index (χ3n) is 6.44. The van der Waals surface area contributed by atoms with Gasteiger partial charge in [0.25, 0.3) is 0 Å². The van der Waals surface area contributed by atoms with Gasteiger partial charge in [-0.25, -0.2) is 4.39 Å². The highest BCUT2D eigenvalue weighted by Gasteiger charge is 2.52. The molecule has 1 fully saturated rings. The number of unbranched alkanes of at least 4 members (excludes halogenated alkanes) is 1. The lowest BCUT2D eigenvalue weighted by Crippen LogP contribution is -2.65. The number of ether oxygens (including phenoxy) is 3. The predicted molar refractivity (Wildman–Crippen MR) is 130 cm³/mol. The largest absolute Gasteiger partial charge is 0.462 e. The lowest BCUT2D eigenvalue weighted by Gasteiger charge is -2.48. The number of amides is 1. The fourth-order valence-corrected chi connectivity index (χ4v) is 4.59. The van der Waals surface area contributed by atoms with Crippen LogP contribution >= 0.6 is 0 Å². The predicted octanol–water partition coefficient (Wildman–Crippen LogP) is 3.59. The van der Waals surface area contributed by atoms with Gasteiger partial charge in [0.15, 0.2) is 0 Å². The number of hydrogen-bond donors (Lipinski definition) is 3. The lowest BCUT2D eigenvalue weighted by molar-refractivity contribution is -0.312. The van der Waals surface area contributed by atoms with Crippen molar-refractivity contribution in [3.8, 4) is 16.9 Å². The van der Waals surface area contributed by atoms with Crippen LogP contribution in [0.1, 0.15) is 45.6 Å². The van der Waals surface area contributed by atoms with E-state index < -0.39 is 30.2 Å². The summed E-state index contributed by atoms with van der Waals surface area (Å²) in [5.41, 5.74) is 1.44. The Labute approximate surface area is 206 Å². The van der Waals surface area contributed by atoms with E-state index in [1.807, 2.05) is 13.0 Å². The van der Waals surface area contributed by atoms with Gasteiger partial charge in [-0.3, -0.25) is 4.79 Å². The number of nitrogens with one attached hydrogen (secondary N) is 1. The Morgan fingerprint density at radius 3 is 2.63 bits per heavy atom. The molecule has 8 heteroatoms. The second kappa shape index (κ2) is 11.9. The van der Waals surface area contributed by atoms with E-state index in [-0.39, 0.29) is 11.7 Å². The first-order valence-corrected chi connectivity index (χ1v) is 12.0. The first kappa shape index (κ1) is 27.1. The van der Waals surface area contributed by atoms with Gasteiger partial charge < -0.3 is 29.7 Å². The summed E-state index contributed by atoms with van der Waals surface area (Å²) in [6.07, 6.45) is -1.38. The van der Waals surface area contributed by atoms with Gasteiger partial charge in [-0.1, -0.05) is 38.0 Å². The molecule has 3 rings (SSSR count). The van der Waals surface area contributed by atoms with Crippen molar-refractivity contribution in [2.24, 2.45) is 0 Å². The quantitative estimate of drug-likeness (QED) is 0.472. The lowest BCUT2D eigenvalue weighted by atomic mass is 9.84. The topological polar surface area (TPSA) is 97.3 Å². The van der Waals surface area contributed by atoms with E-state index in [1.54, 1.807) is 24.3 Å². The number of aliphatic hydroxyl groups is 2. The number of hydrogen-bond acceptors (Lipinski definition) is 6. The average molecular weight is 490 g/mol. The van der Waals surface area contributed by atoms with E-state index in [0.29, 0.717) is 30.7 Å². The van der Waals surface area contributed by atoms with Crippen LogP contribution in [0.3, 0.4) is 0 Å². The van der Waals surface area contributed by atoms with Crippen LogP contribution in [0.5, 0.6) is 5.75 Å². The van der Waals surface area contributed by atoms with Gasteiger partial charge in [-0.2, -0.15) is 0 Å². The minimum absolute atomic E-state index is 0.125. The van der Waals surface area contributed by atoms with Crippen molar-refractivity contribution in [3.63, 3.8) is 0 Å². The molecule has 2 aromatic carbocycles. The molecule has 2 aromatic rings. The molecule has 0 radical (unpaired) electrons. The maximum atomic E-state index is 14.0. The summed E-state index contributed by atoms with van der Waals surface area (Å²) in [7, 11) is 1.49. The highest BCUT2D eigenvalue weighted by molar-refractivity contribution is 5.73. The Bertz CT molecular complexity index is 1000. The summed E-state index contributed by atoms with van der Waals surface area (Å²) in [5.74, 6) is -0.0923. The van der Waals surface area contributed by atoms with Gasteiger partial charge >= 0.3 is 0 Å². The zero-order valence-electron chi connectivity index (χ0n) is 20.8. The van der Waals surface area contributed by atoms with Crippen LogP contribution in [-0.2, 0) is 20.7 Å². The Kier molecular flexibility index (Phi) is 9.24. The molecule has 0 saturated carbocycles. The Hall–Kier alpha value is -2.52. The van der Waals surface area contributed by atoms with Gasteiger partial charge in [0.1, 0.15) is 29.9 Å². The molecule has 1 aliphatic heterocycles. The molecule has 0 aromatic heterocycles. The second-order valence-corrected chi connectivity index (χ2v) is 9.22. The summed E-state index contributed by atoms with van der Waals surface area (Å²) >= 11 is 0. The van der Waals surface area contributed by atoms with E-state index in [4.69, 9.17) is 14.2 Å². The van der Waals surface area contributed by atoms with Crippen molar-refractivity contribution in [1.82, 2.24) is 5.32 Å². The smallest absolute Gasteiger partial charge is 0.229 e. The molecule has 5 atom stereocenters. The van der Waals surface area contributed by atoms with E-state index in [1.165, 1.54) is 26.2 Å². The maximum Gasteiger partial charge on any atom is 0.229 e. The average Bonchev–Trinajstić information content (AvgIpc) is 2.82. The Morgan fingerprint density at radius 1 is 1.20 bits per heavy atom. The van der Waals surface area contributed by atoms with Gasteiger partial charge in [-0.05, 0) is 60.7 Å². The van der Waals surface area contributed by atoms with Crippen molar-refractivity contribution in [3.05, 3.63) is 53.8 Å². The Balaban J connectivity index is 1.89. The van der Waals surface area contributed by atoms with Crippen LogP contribution in [0.15, 0.2) is 42.5 Å². The van der Waals surface area contributed by atoms with Crippen LogP contribution < -0.4 is 10.1 Å². The summed E-state index contributed by atoms with van der Waals surface area (Å²) in [4.78, 5) is 11.3. The second-order valence-electron chi connectivity index (χ2n) is 9.22. The number of benzene rings is 2. The monoisotopic (exact) mass is 489 g/mol. The molecule has 35 heavy (non-hydrogen) atoms. The van der Waals surface area contributed by atoms with E-state index in [9.17, 15) is 19.4 Å². The molecular weight excluding hydrogens is 453 g/mol. The molecule has 0 spiro atoms. The number of halogens is 1. The standard InChI is InChI=1S/C27H36FNO6/c1-5-6-13-27(3)25(33-4)23(31)24(32)26(35-27)34-21-11-10-18(12-14-29-17(2)30)22(16-21)19-8-7-9-20(28)15-19/h7-11,15-16,23-26,31-32H,5-6,12-14H2,1-4H3,(H,29,30)/t23-,24+,25+,26+,27?/m0/s1. The van der Waals surface area contributed by atoms with E-state index in [0.717, 1.165) is 24.0 Å². The molecule has 0 aliphatic carbocycles. The van der Waals surface area contributed by atoms with Crippen LogP contribution in [0.4, 0.5) is 4.39 Å². The van der Waals surface area contributed by atoms with E-state index >= 15 is 0 Å². The Morgan fingerprint density at radius 2 is 1.97 bits per heavy atom. The highest BCUT2D eigenvalue weighted by Crippen LogP contribution is 2.37. The molecule has 1 unspecified atom stereocenters. The van der Waals surface area contributed by atoms with Crippen molar-refractivity contribution in [2.45, 2.75) is 76.7 Å². The molecule has 1 heterocycles. The maximum absolute atomic E-state index is 14.0. The molecule has 3 N–H and O–H groups in total. The van der Waals surface area contributed by atoms with Gasteiger partial charge in [0.2, 0.25) is 12.2 Å². The summed E-state index contributed by atoms with van der Waals surface area (Å²) in [5, 5.41) is 24.3. The van der Waals surface area contributed by atoms with Crippen LogP contribution in [-0.4, -0.2) is 60.0 Å². The number of aliphatic hydroxyl groups excluding tert-OH is 2. The minimum Gasteiger partial charge on any atom is -0.462 e. The molecule has 0 bridgehead atoms. The molecule has 1 saturated heterocycles. The molecule has 192 valence electrons. The fourth-order valence-electron chi connectivity index (χ4n) is 4.59. The third-order valence-corrected chi connectivity index (χ3v) is 6.44. The fraction of sp³-hybridized carbons (Fsp3) is 0.519. The number of carbonyl (C=O) groups is 1. The SMILES string of the molecule is CCCCC1(C)O[C@@H](Oc2ccc(CCNC(C)=O)c(-c3cccc(F)c3)c2)[C@H](O)[C@H](O)[C@H]1OC. The van der Waals surface area contributed by atoms with Crippen molar-refractivity contribution >= 4 is 5.91 Å². The van der Waals surface area contributed by atoms with Gasteiger partial charge in [-0.15, -0.1) is 0 Å². The first-order valence-electron chi connectivity index (χ1n) is 12.0. The zero-order chi connectivity index (χ0) is 25.6. The van der Waals surface area contributed by atoms with Crippen LogP contribution in [0.2, 0.25) is 0 Å². The van der Waals surface area contributed by atoms with Gasteiger partial charge in [0.05, 0.1) is 5.60 Å². The summed E-state index contributed by atoms with van der Waals surface area (Å²) < 4.78 is 31.7. The van der Waals surface area contributed by atoms with Crippen molar-refractivity contribution in [1.29, 1.82) is 0 Å². The first-order chi connectivity index (χ1) is 16.7. The molecule has 1 aliphatic rings. The summed E-state index contributed by atoms with van der Waals surface area (Å²) in [6, 6.07) is 11.6. The van der Waals surface area contributed by atoms with Crippen molar-refractivity contribution < 1.29 is 33.6 Å². The zero-order valence-corrected chi connectivity index (χ0v) is 20.8. The number of carbonyl (C=O) groups excluding carboxylic acids is 1. The summed E-state index contributed by atoms with van der Waals surface area (Å²) in [6.45, 7) is 5.81. The molecule has 7 nitrogen and oxygen atoms in total. The normalized spacial score (nSPS) is 26.4. The van der Waals surface area contributed by atoms with Crippen LogP contribution in [0.25, 0.3) is 11.1 Å². The highest BCUT2D eigenvalue weighted by atomic mass is 19.1. The van der Waals surface area contributed by atoms with Crippen molar-refractivity contribution in [2.75, 3.05) is 13.7 Å². The van der Waals surface area contributed by atoms with E-state index in [2.05, 4.69) is 12.2 Å².